The minimum atomic E-state index is -3.58. The fourth-order valence-electron chi connectivity index (χ4n) is 3.29. The first kappa shape index (κ1) is 19.3. The Morgan fingerprint density at radius 2 is 1.67 bits per heavy atom. The van der Waals surface area contributed by atoms with Crippen LogP contribution in [0.1, 0.15) is 28.1 Å². The molecule has 1 aromatic heterocycles. The molecule has 27 heavy (non-hydrogen) atoms. The lowest BCUT2D eigenvalue weighted by Gasteiger charge is -2.19. The predicted molar refractivity (Wildman–Crippen MR) is 108 cm³/mol. The number of hydrogen-bond donors (Lipinski definition) is 0. The molecule has 3 aromatic rings. The van der Waals surface area contributed by atoms with E-state index >= 15 is 0 Å². The summed E-state index contributed by atoms with van der Waals surface area (Å²) in [4.78, 5) is 0.348. The molecule has 0 N–H and O–H groups in total. The summed E-state index contributed by atoms with van der Waals surface area (Å²) < 4.78 is 29.4. The van der Waals surface area contributed by atoms with Gasteiger partial charge < -0.3 is 0 Å². The molecule has 0 spiro atoms. The van der Waals surface area contributed by atoms with Crippen molar-refractivity contribution in [3.05, 3.63) is 76.6 Å². The lowest BCUT2D eigenvalue weighted by atomic mass is 10.2. The highest BCUT2D eigenvalue weighted by molar-refractivity contribution is 7.89. The number of sulfonamides is 1. The maximum absolute atomic E-state index is 13.1. The molecule has 0 bridgehead atoms. The van der Waals surface area contributed by atoms with Crippen molar-refractivity contribution in [2.75, 3.05) is 7.05 Å². The fourth-order valence-corrected chi connectivity index (χ4v) is 4.63. The maximum atomic E-state index is 13.1. The molecule has 0 aliphatic rings. The van der Waals surface area contributed by atoms with Crippen LogP contribution < -0.4 is 0 Å². The molecule has 6 heteroatoms. The van der Waals surface area contributed by atoms with Crippen LogP contribution in [-0.4, -0.2) is 29.6 Å². The molecule has 0 radical (unpaired) electrons. The van der Waals surface area contributed by atoms with Crippen LogP contribution in [0.5, 0.6) is 0 Å². The van der Waals surface area contributed by atoms with Crippen LogP contribution in [0, 0.1) is 27.7 Å². The van der Waals surface area contributed by atoms with Gasteiger partial charge in [-0.25, -0.2) is 13.1 Å². The Labute approximate surface area is 161 Å². The predicted octanol–water partition coefficient (Wildman–Crippen LogP) is 3.93. The second-order valence-electron chi connectivity index (χ2n) is 6.93. The topological polar surface area (TPSA) is 55.2 Å². The smallest absolute Gasteiger partial charge is 0.238 e. The number of nitrogens with zero attached hydrogens (tertiary/aromatic N) is 3. The van der Waals surface area contributed by atoms with Gasteiger partial charge in [-0.2, -0.15) is 9.40 Å². The minimum Gasteiger partial charge on any atom is -0.238 e. The zero-order valence-electron chi connectivity index (χ0n) is 16.4. The average molecular weight is 384 g/mol. The number of benzene rings is 2. The highest BCUT2D eigenvalue weighted by Gasteiger charge is 2.25. The second kappa shape index (κ2) is 7.29. The zero-order valence-corrected chi connectivity index (χ0v) is 17.2. The van der Waals surface area contributed by atoms with Gasteiger partial charge in [0.2, 0.25) is 10.0 Å². The van der Waals surface area contributed by atoms with E-state index < -0.39 is 10.0 Å². The van der Waals surface area contributed by atoms with Gasteiger partial charge in [-0.1, -0.05) is 35.9 Å². The van der Waals surface area contributed by atoms with Crippen molar-refractivity contribution < 1.29 is 8.42 Å². The second-order valence-corrected chi connectivity index (χ2v) is 8.94. The Balaban J connectivity index is 1.94. The molecular weight excluding hydrogens is 358 g/mol. The SMILES string of the molecule is Cc1ccc(S(=O)(=O)N(C)Cc2c(C)nn(-c3ccccc3)c2C)c(C)c1. The summed E-state index contributed by atoms with van der Waals surface area (Å²) in [5.74, 6) is 0. The van der Waals surface area contributed by atoms with Crippen molar-refractivity contribution >= 4 is 10.0 Å². The molecule has 0 saturated heterocycles. The molecule has 0 unspecified atom stereocenters. The summed E-state index contributed by atoms with van der Waals surface area (Å²) in [5, 5.41) is 4.61. The Morgan fingerprint density at radius 1 is 1.00 bits per heavy atom. The Kier molecular flexibility index (Phi) is 5.22. The van der Waals surface area contributed by atoms with Crippen molar-refractivity contribution in [1.29, 1.82) is 0 Å². The van der Waals surface area contributed by atoms with E-state index in [0.29, 0.717) is 4.90 Å². The molecule has 0 aliphatic heterocycles. The quantitative estimate of drug-likeness (QED) is 0.671. The number of para-hydroxylation sites is 1. The highest BCUT2D eigenvalue weighted by atomic mass is 32.2. The van der Waals surface area contributed by atoms with E-state index in [2.05, 4.69) is 5.10 Å². The van der Waals surface area contributed by atoms with Gasteiger partial charge in [0.1, 0.15) is 0 Å². The Bertz CT molecular complexity index is 1070. The number of rotatable bonds is 5. The third-order valence-electron chi connectivity index (χ3n) is 4.84. The van der Waals surface area contributed by atoms with E-state index in [-0.39, 0.29) is 6.54 Å². The Hall–Kier alpha value is -2.44. The Morgan fingerprint density at radius 3 is 2.30 bits per heavy atom. The number of hydrogen-bond acceptors (Lipinski definition) is 3. The normalized spacial score (nSPS) is 11.9. The molecule has 0 fully saturated rings. The monoisotopic (exact) mass is 383 g/mol. The minimum absolute atomic E-state index is 0.278. The lowest BCUT2D eigenvalue weighted by Crippen LogP contribution is -2.27. The first-order valence-corrected chi connectivity index (χ1v) is 10.3. The summed E-state index contributed by atoms with van der Waals surface area (Å²) in [7, 11) is -1.96. The summed E-state index contributed by atoms with van der Waals surface area (Å²) in [6, 6.07) is 15.3. The number of aryl methyl sites for hydroxylation is 3. The first-order chi connectivity index (χ1) is 12.7. The van der Waals surface area contributed by atoms with E-state index in [4.69, 9.17) is 0 Å². The summed E-state index contributed by atoms with van der Waals surface area (Å²) >= 11 is 0. The lowest BCUT2D eigenvalue weighted by molar-refractivity contribution is 0.464. The van der Waals surface area contributed by atoms with Gasteiger partial charge in [0, 0.05) is 24.8 Å². The van der Waals surface area contributed by atoms with Crippen LogP contribution in [0.25, 0.3) is 5.69 Å². The van der Waals surface area contributed by atoms with Crippen molar-refractivity contribution in [3.8, 4) is 5.69 Å². The van der Waals surface area contributed by atoms with Gasteiger partial charge in [0.25, 0.3) is 0 Å². The molecule has 5 nitrogen and oxygen atoms in total. The van der Waals surface area contributed by atoms with Crippen LogP contribution in [-0.2, 0) is 16.6 Å². The van der Waals surface area contributed by atoms with Crippen LogP contribution in [0.4, 0.5) is 0 Å². The summed E-state index contributed by atoms with van der Waals surface area (Å²) in [6.07, 6.45) is 0. The third kappa shape index (κ3) is 3.68. The van der Waals surface area contributed by atoms with E-state index in [0.717, 1.165) is 33.8 Å². The summed E-state index contributed by atoms with van der Waals surface area (Å²) in [5.41, 5.74) is 5.47. The van der Waals surface area contributed by atoms with Crippen molar-refractivity contribution in [2.45, 2.75) is 39.1 Å². The zero-order chi connectivity index (χ0) is 19.8. The highest BCUT2D eigenvalue weighted by Crippen LogP contribution is 2.24. The largest absolute Gasteiger partial charge is 0.243 e. The van der Waals surface area contributed by atoms with Gasteiger partial charge in [-0.3, -0.25) is 0 Å². The van der Waals surface area contributed by atoms with E-state index in [1.807, 2.05) is 74.8 Å². The van der Waals surface area contributed by atoms with Crippen LogP contribution in [0.3, 0.4) is 0 Å². The van der Waals surface area contributed by atoms with Crippen molar-refractivity contribution in [1.82, 2.24) is 14.1 Å². The van der Waals surface area contributed by atoms with Crippen LogP contribution in [0.15, 0.2) is 53.4 Å². The summed E-state index contributed by atoms with van der Waals surface area (Å²) in [6.45, 7) is 7.95. The molecule has 3 rings (SSSR count). The van der Waals surface area contributed by atoms with Crippen molar-refractivity contribution in [3.63, 3.8) is 0 Å². The van der Waals surface area contributed by atoms with E-state index in [1.165, 1.54) is 4.31 Å². The molecule has 1 heterocycles. The van der Waals surface area contributed by atoms with Gasteiger partial charge in [-0.05, 0) is 51.5 Å². The van der Waals surface area contributed by atoms with Gasteiger partial charge in [-0.15, -0.1) is 0 Å². The van der Waals surface area contributed by atoms with Gasteiger partial charge >= 0.3 is 0 Å². The standard InChI is InChI=1S/C21H25N3O2S/c1-15-11-12-21(16(2)13-15)27(25,26)23(5)14-20-17(3)22-24(18(20)4)19-9-7-6-8-10-19/h6-13H,14H2,1-5H3. The molecule has 0 atom stereocenters. The van der Waals surface area contributed by atoms with Crippen LogP contribution >= 0.6 is 0 Å². The molecule has 2 aromatic carbocycles. The fraction of sp³-hybridized carbons (Fsp3) is 0.286. The molecule has 142 valence electrons. The number of aromatic nitrogens is 2. The first-order valence-electron chi connectivity index (χ1n) is 8.86. The maximum Gasteiger partial charge on any atom is 0.243 e. The van der Waals surface area contributed by atoms with E-state index in [1.54, 1.807) is 13.1 Å². The average Bonchev–Trinajstić information content (AvgIpc) is 2.90. The molecule has 0 saturated carbocycles. The molecular formula is C21H25N3O2S. The van der Waals surface area contributed by atoms with Crippen LogP contribution in [0.2, 0.25) is 0 Å². The van der Waals surface area contributed by atoms with Crippen molar-refractivity contribution in [2.24, 2.45) is 0 Å². The molecule has 0 aliphatic carbocycles. The third-order valence-corrected chi connectivity index (χ3v) is 6.80. The van der Waals surface area contributed by atoms with Gasteiger partial charge in [0.15, 0.2) is 0 Å². The molecule has 0 amide bonds. The van der Waals surface area contributed by atoms with E-state index in [9.17, 15) is 8.42 Å². The van der Waals surface area contributed by atoms with Gasteiger partial charge in [0.05, 0.1) is 16.3 Å².